The van der Waals surface area contributed by atoms with Gasteiger partial charge in [0.05, 0.1) is 19.5 Å². The van der Waals surface area contributed by atoms with Crippen molar-refractivity contribution in [2.24, 2.45) is 0 Å². The molecule has 1 aliphatic heterocycles. The summed E-state index contributed by atoms with van der Waals surface area (Å²) < 4.78 is 25.4. The second-order valence-electron chi connectivity index (χ2n) is 8.82. The summed E-state index contributed by atoms with van der Waals surface area (Å²) in [5.41, 5.74) is 3.63. The molecular weight excluding hydrogens is 475 g/mol. The van der Waals surface area contributed by atoms with Gasteiger partial charge >= 0.3 is 0 Å². The standard InChI is InChI=1S/C27H31FN6O3/c1-17-14-34(15-18(2)33(17)4)22-8-6-21(7-9-22)32-27-30-12-23(13-31-27)37-16-20-10-19(26(35)29-3)11-24(36-5)25(20)28/h6-14,18H,15-16H2,1-5H3,(H,29,35)(H,30,31,32)/t18-/m0/s1. The second kappa shape index (κ2) is 11.2. The number of nitrogens with zero attached hydrogens (tertiary/aromatic N) is 4. The zero-order valence-corrected chi connectivity index (χ0v) is 21.6. The Hall–Kier alpha value is -4.34. The average Bonchev–Trinajstić information content (AvgIpc) is 2.91. The van der Waals surface area contributed by atoms with Crippen molar-refractivity contribution >= 4 is 23.2 Å². The number of rotatable bonds is 8. The third kappa shape index (κ3) is 5.91. The van der Waals surface area contributed by atoms with Crippen LogP contribution in [0, 0.1) is 5.82 Å². The van der Waals surface area contributed by atoms with Gasteiger partial charge in [0.15, 0.2) is 17.3 Å². The first-order valence-corrected chi connectivity index (χ1v) is 11.9. The van der Waals surface area contributed by atoms with Crippen LogP contribution in [0.3, 0.4) is 0 Å². The predicted molar refractivity (Wildman–Crippen MR) is 141 cm³/mol. The molecule has 4 rings (SSSR count). The van der Waals surface area contributed by atoms with Gasteiger partial charge in [-0.2, -0.15) is 0 Å². The fraction of sp³-hybridized carbons (Fsp3) is 0.296. The summed E-state index contributed by atoms with van der Waals surface area (Å²) >= 11 is 0. The Bertz CT molecular complexity index is 1280. The lowest BCUT2D eigenvalue weighted by Gasteiger charge is -2.38. The number of anilines is 3. The molecule has 0 bridgehead atoms. The number of likely N-dealkylation sites (N-methyl/N-ethyl adjacent to an activating group) is 1. The summed E-state index contributed by atoms with van der Waals surface area (Å²) in [6, 6.07) is 11.3. The van der Waals surface area contributed by atoms with E-state index in [-0.39, 0.29) is 29.4 Å². The molecular formula is C27H31FN6O3. The predicted octanol–water partition coefficient (Wildman–Crippen LogP) is 4.31. The molecule has 1 aliphatic rings. The van der Waals surface area contributed by atoms with Crippen molar-refractivity contribution in [3.05, 3.63) is 77.6 Å². The molecule has 0 saturated heterocycles. The van der Waals surface area contributed by atoms with Gasteiger partial charge in [0.2, 0.25) is 5.95 Å². The van der Waals surface area contributed by atoms with Crippen LogP contribution in [0.1, 0.15) is 29.8 Å². The van der Waals surface area contributed by atoms with Crippen LogP contribution in [-0.4, -0.2) is 54.6 Å². The number of carbonyl (C=O) groups is 1. The van der Waals surface area contributed by atoms with E-state index in [1.54, 1.807) is 0 Å². The highest BCUT2D eigenvalue weighted by Crippen LogP contribution is 2.26. The zero-order valence-electron chi connectivity index (χ0n) is 21.6. The van der Waals surface area contributed by atoms with Gasteiger partial charge in [0, 0.05) is 61.1 Å². The summed E-state index contributed by atoms with van der Waals surface area (Å²) in [4.78, 5) is 25.1. The van der Waals surface area contributed by atoms with Gasteiger partial charge in [0.25, 0.3) is 5.91 Å². The maximum Gasteiger partial charge on any atom is 0.251 e. The van der Waals surface area contributed by atoms with Crippen LogP contribution in [0.5, 0.6) is 11.5 Å². The van der Waals surface area contributed by atoms with Crippen molar-refractivity contribution in [3.8, 4) is 11.5 Å². The third-order valence-corrected chi connectivity index (χ3v) is 6.32. The summed E-state index contributed by atoms with van der Waals surface area (Å²) in [6.45, 7) is 5.11. The molecule has 0 aliphatic carbocycles. The van der Waals surface area contributed by atoms with E-state index in [1.807, 2.05) is 12.1 Å². The van der Waals surface area contributed by atoms with Crippen molar-refractivity contribution in [1.29, 1.82) is 0 Å². The Balaban J connectivity index is 1.38. The first-order chi connectivity index (χ1) is 17.8. The highest BCUT2D eigenvalue weighted by Gasteiger charge is 2.20. The molecule has 2 aromatic carbocycles. The smallest absolute Gasteiger partial charge is 0.251 e. The molecule has 2 N–H and O–H groups in total. The number of halogens is 1. The molecule has 0 saturated carbocycles. The quantitative estimate of drug-likeness (QED) is 0.467. The number of nitrogens with one attached hydrogen (secondary N) is 2. The van der Waals surface area contributed by atoms with Gasteiger partial charge in [-0.25, -0.2) is 14.4 Å². The van der Waals surface area contributed by atoms with Crippen molar-refractivity contribution < 1.29 is 18.7 Å². The van der Waals surface area contributed by atoms with Gasteiger partial charge in [-0.15, -0.1) is 0 Å². The average molecular weight is 507 g/mol. The lowest BCUT2D eigenvalue weighted by Crippen LogP contribution is -2.42. The lowest BCUT2D eigenvalue weighted by atomic mass is 10.1. The Kier molecular flexibility index (Phi) is 7.76. The van der Waals surface area contributed by atoms with E-state index in [0.717, 1.165) is 17.9 Å². The number of hydrogen-bond donors (Lipinski definition) is 2. The summed E-state index contributed by atoms with van der Waals surface area (Å²) in [5, 5.41) is 5.68. The molecule has 194 valence electrons. The molecule has 0 unspecified atom stereocenters. The molecule has 0 spiro atoms. The van der Waals surface area contributed by atoms with Gasteiger partial charge in [0.1, 0.15) is 6.61 Å². The number of carbonyl (C=O) groups excluding carboxylic acids is 1. The Morgan fingerprint density at radius 3 is 2.51 bits per heavy atom. The number of methoxy groups -OCH3 is 1. The second-order valence-corrected chi connectivity index (χ2v) is 8.82. The van der Waals surface area contributed by atoms with Gasteiger partial charge in [-0.1, -0.05) is 0 Å². The maximum absolute atomic E-state index is 14.6. The van der Waals surface area contributed by atoms with Crippen LogP contribution < -0.4 is 25.0 Å². The molecule has 3 aromatic rings. The van der Waals surface area contributed by atoms with E-state index in [2.05, 4.69) is 69.6 Å². The van der Waals surface area contributed by atoms with Crippen molar-refractivity contribution in [3.63, 3.8) is 0 Å². The van der Waals surface area contributed by atoms with Gasteiger partial charge in [-0.05, 0) is 50.2 Å². The first-order valence-electron chi connectivity index (χ1n) is 11.9. The van der Waals surface area contributed by atoms with E-state index in [4.69, 9.17) is 9.47 Å². The molecule has 0 radical (unpaired) electrons. The summed E-state index contributed by atoms with van der Waals surface area (Å²) in [5.74, 6) is -0.213. The molecule has 0 fully saturated rings. The molecule has 9 nitrogen and oxygen atoms in total. The van der Waals surface area contributed by atoms with E-state index in [0.29, 0.717) is 17.7 Å². The van der Waals surface area contributed by atoms with Crippen molar-refractivity contribution in [1.82, 2.24) is 20.2 Å². The van der Waals surface area contributed by atoms with Crippen LogP contribution in [0.2, 0.25) is 0 Å². The van der Waals surface area contributed by atoms with Crippen LogP contribution in [0.15, 0.2) is 60.7 Å². The molecule has 1 amide bonds. The fourth-order valence-corrected chi connectivity index (χ4v) is 3.97. The highest BCUT2D eigenvalue weighted by molar-refractivity contribution is 5.94. The Morgan fingerprint density at radius 1 is 1.19 bits per heavy atom. The van der Waals surface area contributed by atoms with Crippen molar-refractivity contribution in [2.75, 3.05) is 38.0 Å². The zero-order chi connectivity index (χ0) is 26.5. The minimum absolute atomic E-state index is 0.0326. The van der Waals surface area contributed by atoms with Crippen molar-refractivity contribution in [2.45, 2.75) is 26.5 Å². The Morgan fingerprint density at radius 2 is 1.89 bits per heavy atom. The summed E-state index contributed by atoms with van der Waals surface area (Å²) in [7, 11) is 4.95. The summed E-state index contributed by atoms with van der Waals surface area (Å²) in [6.07, 6.45) is 5.16. The monoisotopic (exact) mass is 506 g/mol. The van der Waals surface area contributed by atoms with Crippen LogP contribution in [0.4, 0.5) is 21.7 Å². The number of ether oxygens (including phenoxy) is 2. The largest absolute Gasteiger partial charge is 0.494 e. The topological polar surface area (TPSA) is 91.8 Å². The SMILES string of the molecule is CNC(=O)c1cc(COc2cnc(Nc3ccc(N4C=C(C)N(C)[C@@H](C)C4)cc3)nc2)c(F)c(OC)c1. The normalized spacial score (nSPS) is 15.2. The third-order valence-electron chi connectivity index (χ3n) is 6.32. The highest BCUT2D eigenvalue weighted by atomic mass is 19.1. The molecule has 2 heterocycles. The van der Waals surface area contributed by atoms with Crippen LogP contribution in [0.25, 0.3) is 0 Å². The minimum atomic E-state index is -0.588. The van der Waals surface area contributed by atoms with E-state index in [1.165, 1.54) is 44.4 Å². The number of aromatic nitrogens is 2. The molecule has 37 heavy (non-hydrogen) atoms. The fourth-order valence-electron chi connectivity index (χ4n) is 3.97. The van der Waals surface area contributed by atoms with E-state index < -0.39 is 5.82 Å². The van der Waals surface area contributed by atoms with E-state index >= 15 is 0 Å². The minimum Gasteiger partial charge on any atom is -0.494 e. The Labute approximate surface area is 215 Å². The van der Waals surface area contributed by atoms with Crippen LogP contribution >= 0.6 is 0 Å². The number of benzene rings is 2. The van der Waals surface area contributed by atoms with E-state index in [9.17, 15) is 9.18 Å². The molecule has 1 aromatic heterocycles. The number of allylic oxidation sites excluding steroid dienone is 1. The maximum atomic E-state index is 14.6. The van der Waals surface area contributed by atoms with Crippen LogP contribution in [-0.2, 0) is 6.61 Å². The van der Waals surface area contributed by atoms with Gasteiger partial charge < -0.3 is 29.9 Å². The first kappa shape index (κ1) is 25.7. The number of hydrogen-bond acceptors (Lipinski definition) is 8. The lowest BCUT2D eigenvalue weighted by molar-refractivity contribution is 0.0962. The van der Waals surface area contributed by atoms with Gasteiger partial charge in [-0.3, -0.25) is 4.79 Å². The molecule has 10 heteroatoms. The molecule has 1 atom stereocenters. The number of amides is 1.